The maximum Gasteiger partial charge on any atom is 0.312 e. The monoisotopic (exact) mass is 270 g/mol. The highest BCUT2D eigenvalue weighted by molar-refractivity contribution is 5.77. The van der Waals surface area contributed by atoms with Crippen LogP contribution in [0.1, 0.15) is 24.1 Å². The second kappa shape index (κ2) is 6.19. The fourth-order valence-corrected chi connectivity index (χ4v) is 1.93. The summed E-state index contributed by atoms with van der Waals surface area (Å²) in [5.74, 6) is 0.316. The number of aryl methyl sites for hydroxylation is 1. The fraction of sp³-hybridized carbons (Fsp3) is 0.250. The van der Waals surface area contributed by atoms with Gasteiger partial charge < -0.3 is 10.1 Å². The number of rotatable bonds is 4. The van der Waals surface area contributed by atoms with Gasteiger partial charge in [0.05, 0.1) is 13.0 Å². The molecule has 104 valence electrons. The standard InChI is InChI=1S/C16H18N2O2/c1-11-5-4-6-15(17-11)18-14-9-7-13(8-10-14)12(2)16(19)20-3/h4-10,12H,1-3H3,(H,17,18)/t12-/m0/s1. The first-order chi connectivity index (χ1) is 9.60. The molecule has 0 spiro atoms. The highest BCUT2D eigenvalue weighted by Gasteiger charge is 2.15. The SMILES string of the molecule is COC(=O)[C@@H](C)c1ccc(Nc2cccc(C)n2)cc1. The van der Waals surface area contributed by atoms with Gasteiger partial charge in [-0.15, -0.1) is 0 Å². The number of methoxy groups -OCH3 is 1. The molecule has 20 heavy (non-hydrogen) atoms. The van der Waals surface area contributed by atoms with Crippen molar-refractivity contribution < 1.29 is 9.53 Å². The topological polar surface area (TPSA) is 51.2 Å². The van der Waals surface area contributed by atoms with Crippen LogP contribution in [0.2, 0.25) is 0 Å². The molecule has 0 radical (unpaired) electrons. The quantitative estimate of drug-likeness (QED) is 0.865. The maximum atomic E-state index is 11.5. The van der Waals surface area contributed by atoms with E-state index in [0.29, 0.717) is 0 Å². The maximum absolute atomic E-state index is 11.5. The minimum atomic E-state index is -0.258. The molecule has 2 aromatic rings. The van der Waals surface area contributed by atoms with Gasteiger partial charge in [-0.3, -0.25) is 4.79 Å². The number of esters is 1. The number of pyridine rings is 1. The van der Waals surface area contributed by atoms with Gasteiger partial charge in [-0.05, 0) is 43.7 Å². The van der Waals surface area contributed by atoms with Crippen LogP contribution in [0.3, 0.4) is 0 Å². The van der Waals surface area contributed by atoms with Crippen molar-refractivity contribution in [3.8, 4) is 0 Å². The van der Waals surface area contributed by atoms with Crippen LogP contribution in [0.15, 0.2) is 42.5 Å². The average molecular weight is 270 g/mol. The predicted molar refractivity (Wildman–Crippen MR) is 79.1 cm³/mol. The average Bonchev–Trinajstić information content (AvgIpc) is 2.46. The van der Waals surface area contributed by atoms with Gasteiger partial charge in [-0.25, -0.2) is 4.98 Å². The molecule has 0 aliphatic heterocycles. The van der Waals surface area contributed by atoms with Crippen molar-refractivity contribution in [1.82, 2.24) is 4.98 Å². The Morgan fingerprint density at radius 1 is 1.20 bits per heavy atom. The molecule has 0 unspecified atom stereocenters. The van der Waals surface area contributed by atoms with Gasteiger partial charge in [0.2, 0.25) is 0 Å². The van der Waals surface area contributed by atoms with Gasteiger partial charge >= 0.3 is 5.97 Å². The number of hydrogen-bond donors (Lipinski definition) is 1. The third-order valence-electron chi connectivity index (χ3n) is 3.13. The molecule has 1 aromatic carbocycles. The van der Waals surface area contributed by atoms with Crippen molar-refractivity contribution >= 4 is 17.5 Å². The summed E-state index contributed by atoms with van der Waals surface area (Å²) in [4.78, 5) is 15.9. The van der Waals surface area contributed by atoms with Crippen LogP contribution in [0.5, 0.6) is 0 Å². The van der Waals surface area contributed by atoms with Crippen LogP contribution in [0.25, 0.3) is 0 Å². The third-order valence-corrected chi connectivity index (χ3v) is 3.13. The fourth-order valence-electron chi connectivity index (χ4n) is 1.93. The number of ether oxygens (including phenoxy) is 1. The molecule has 1 atom stereocenters. The van der Waals surface area contributed by atoms with Crippen LogP contribution in [0.4, 0.5) is 11.5 Å². The van der Waals surface area contributed by atoms with Crippen LogP contribution in [0, 0.1) is 6.92 Å². The molecule has 0 amide bonds. The normalized spacial score (nSPS) is 11.8. The van der Waals surface area contributed by atoms with E-state index in [1.54, 1.807) is 0 Å². The lowest BCUT2D eigenvalue weighted by molar-refractivity contribution is -0.141. The molecule has 1 heterocycles. The van der Waals surface area contributed by atoms with Gasteiger partial charge in [0.25, 0.3) is 0 Å². The Labute approximate surface area is 118 Å². The highest BCUT2D eigenvalue weighted by Crippen LogP contribution is 2.21. The van der Waals surface area contributed by atoms with E-state index in [2.05, 4.69) is 10.3 Å². The van der Waals surface area contributed by atoms with Crippen LogP contribution in [-0.4, -0.2) is 18.1 Å². The van der Waals surface area contributed by atoms with Crippen LogP contribution >= 0.6 is 0 Å². The van der Waals surface area contributed by atoms with Crippen molar-refractivity contribution in [2.24, 2.45) is 0 Å². The predicted octanol–water partition coefficient (Wildman–Crippen LogP) is 3.41. The number of nitrogens with one attached hydrogen (secondary N) is 1. The Balaban J connectivity index is 2.10. The summed E-state index contributed by atoms with van der Waals surface area (Å²) in [7, 11) is 1.40. The summed E-state index contributed by atoms with van der Waals surface area (Å²) in [5.41, 5.74) is 2.83. The number of aromatic nitrogens is 1. The molecule has 0 fully saturated rings. The first kappa shape index (κ1) is 14.1. The lowest BCUT2D eigenvalue weighted by Gasteiger charge is -2.11. The van der Waals surface area contributed by atoms with Crippen molar-refractivity contribution in [2.75, 3.05) is 12.4 Å². The molecule has 4 nitrogen and oxygen atoms in total. The zero-order valence-electron chi connectivity index (χ0n) is 11.9. The van der Waals surface area contributed by atoms with E-state index in [1.807, 2.05) is 56.3 Å². The summed E-state index contributed by atoms with van der Waals surface area (Å²) in [6.45, 7) is 3.78. The number of carbonyl (C=O) groups is 1. The lowest BCUT2D eigenvalue weighted by Crippen LogP contribution is -2.10. The Morgan fingerprint density at radius 3 is 2.50 bits per heavy atom. The number of carbonyl (C=O) groups excluding carboxylic acids is 1. The Morgan fingerprint density at radius 2 is 1.90 bits per heavy atom. The lowest BCUT2D eigenvalue weighted by atomic mass is 10.0. The van der Waals surface area contributed by atoms with E-state index < -0.39 is 0 Å². The minimum absolute atomic E-state index is 0.230. The largest absolute Gasteiger partial charge is 0.469 e. The first-order valence-corrected chi connectivity index (χ1v) is 6.48. The summed E-state index contributed by atoms with van der Waals surface area (Å²) in [6.07, 6.45) is 0. The van der Waals surface area contributed by atoms with Crippen LogP contribution in [-0.2, 0) is 9.53 Å². The molecular weight excluding hydrogens is 252 g/mol. The Hall–Kier alpha value is -2.36. The molecule has 0 aliphatic rings. The van der Waals surface area contributed by atoms with Gasteiger partial charge in [0.1, 0.15) is 5.82 Å². The number of benzene rings is 1. The van der Waals surface area contributed by atoms with Crippen molar-refractivity contribution in [3.63, 3.8) is 0 Å². The Bertz CT molecular complexity index is 594. The molecule has 0 bridgehead atoms. The number of anilines is 2. The van der Waals surface area contributed by atoms with Gasteiger partial charge in [-0.2, -0.15) is 0 Å². The van der Waals surface area contributed by atoms with Crippen molar-refractivity contribution in [3.05, 3.63) is 53.7 Å². The van der Waals surface area contributed by atoms with Crippen molar-refractivity contribution in [1.29, 1.82) is 0 Å². The summed E-state index contributed by atoms with van der Waals surface area (Å²) in [6, 6.07) is 13.5. The van der Waals surface area contributed by atoms with Gasteiger partial charge in [0, 0.05) is 11.4 Å². The summed E-state index contributed by atoms with van der Waals surface area (Å²) in [5, 5.41) is 3.23. The summed E-state index contributed by atoms with van der Waals surface area (Å²) >= 11 is 0. The van der Waals surface area contributed by atoms with E-state index in [9.17, 15) is 4.79 Å². The van der Waals surface area contributed by atoms with Gasteiger partial charge in [-0.1, -0.05) is 18.2 Å². The zero-order valence-corrected chi connectivity index (χ0v) is 11.9. The van der Waals surface area contributed by atoms with E-state index in [1.165, 1.54) is 7.11 Å². The van der Waals surface area contributed by atoms with Gasteiger partial charge in [0.15, 0.2) is 0 Å². The molecule has 0 aliphatic carbocycles. The molecule has 2 rings (SSSR count). The smallest absolute Gasteiger partial charge is 0.312 e. The second-order valence-electron chi connectivity index (χ2n) is 4.66. The van der Waals surface area contributed by atoms with E-state index in [-0.39, 0.29) is 11.9 Å². The summed E-state index contributed by atoms with van der Waals surface area (Å²) < 4.78 is 4.74. The minimum Gasteiger partial charge on any atom is -0.469 e. The number of hydrogen-bond acceptors (Lipinski definition) is 4. The van der Waals surface area contributed by atoms with E-state index in [0.717, 1.165) is 22.8 Å². The Kier molecular flexibility index (Phi) is 4.35. The third kappa shape index (κ3) is 3.35. The van der Waals surface area contributed by atoms with E-state index >= 15 is 0 Å². The first-order valence-electron chi connectivity index (χ1n) is 6.48. The molecule has 1 N–H and O–H groups in total. The molecule has 0 saturated carbocycles. The molecule has 1 aromatic heterocycles. The van der Waals surface area contributed by atoms with E-state index in [4.69, 9.17) is 4.74 Å². The zero-order chi connectivity index (χ0) is 14.5. The second-order valence-corrected chi connectivity index (χ2v) is 4.66. The van der Waals surface area contributed by atoms with Crippen LogP contribution < -0.4 is 5.32 Å². The van der Waals surface area contributed by atoms with Crippen molar-refractivity contribution in [2.45, 2.75) is 19.8 Å². The molecule has 4 heteroatoms. The number of nitrogens with zero attached hydrogens (tertiary/aromatic N) is 1. The highest BCUT2D eigenvalue weighted by atomic mass is 16.5. The molecular formula is C16H18N2O2. The molecule has 0 saturated heterocycles.